The molecular weight excluding hydrogens is 380 g/mol. The Morgan fingerprint density at radius 1 is 1.33 bits per heavy atom. The molecule has 2 atom stereocenters. The fraction of sp³-hybridized carbons (Fsp3) is 0.545. The lowest BCUT2D eigenvalue weighted by Crippen LogP contribution is -2.26. The van der Waals surface area contributed by atoms with Crippen LogP contribution in [0.3, 0.4) is 0 Å². The predicted molar refractivity (Wildman–Crippen MR) is 117 cm³/mol. The summed E-state index contributed by atoms with van der Waals surface area (Å²) in [6.45, 7) is 11.0. The van der Waals surface area contributed by atoms with Gasteiger partial charge in [0.05, 0.1) is 17.3 Å². The van der Waals surface area contributed by atoms with Crippen LogP contribution in [0, 0.1) is 12.8 Å². The molecule has 1 aliphatic heterocycles. The van der Waals surface area contributed by atoms with Gasteiger partial charge >= 0.3 is 0 Å². The summed E-state index contributed by atoms with van der Waals surface area (Å²) in [4.78, 5) is 16.5. The molecule has 1 saturated heterocycles. The number of ether oxygens (including phenoxy) is 1. The highest BCUT2D eigenvalue weighted by Crippen LogP contribution is 2.36. The Morgan fingerprint density at radius 3 is 2.70 bits per heavy atom. The summed E-state index contributed by atoms with van der Waals surface area (Å²) < 4.78 is 8.17. The second-order valence-electron chi connectivity index (χ2n) is 8.92. The maximum atomic E-state index is 11.6. The minimum Gasteiger partial charge on any atom is -0.474 e. The van der Waals surface area contributed by atoms with Gasteiger partial charge in [-0.3, -0.25) is 14.6 Å². The number of aryl methyl sites for hydroxylation is 2. The number of rotatable bonds is 4. The summed E-state index contributed by atoms with van der Waals surface area (Å²) in [5, 5.41) is 15.8. The molecule has 2 N–H and O–H groups in total. The van der Waals surface area contributed by atoms with E-state index in [1.165, 1.54) is 0 Å². The fourth-order valence-electron chi connectivity index (χ4n) is 3.83. The third-order valence-electron chi connectivity index (χ3n) is 5.71. The van der Waals surface area contributed by atoms with Crippen LogP contribution in [0.4, 0.5) is 0 Å². The first-order valence-corrected chi connectivity index (χ1v) is 9.97. The lowest BCUT2D eigenvalue weighted by Gasteiger charge is -2.21. The molecule has 0 saturated carbocycles. The zero-order chi connectivity index (χ0) is 20.9. The molecule has 4 rings (SSSR count). The van der Waals surface area contributed by atoms with E-state index >= 15 is 0 Å². The molecular formula is C22H32N6O2. The van der Waals surface area contributed by atoms with Crippen LogP contribution in [0.25, 0.3) is 22.2 Å². The van der Waals surface area contributed by atoms with Crippen LogP contribution < -0.4 is 10.1 Å². The monoisotopic (exact) mass is 412 g/mol. The highest BCUT2D eigenvalue weighted by molar-refractivity contribution is 5.89. The van der Waals surface area contributed by atoms with E-state index in [-0.39, 0.29) is 30.8 Å². The summed E-state index contributed by atoms with van der Waals surface area (Å²) in [6.07, 6.45) is 2.13. The Morgan fingerprint density at radius 2 is 2.07 bits per heavy atom. The van der Waals surface area contributed by atoms with Crippen LogP contribution in [0.5, 0.6) is 5.88 Å². The molecule has 0 bridgehead atoms. The molecule has 0 aromatic carbocycles. The Labute approximate surface area is 177 Å². The SMILES string of the molecule is C.Cc1c2c(O[C@H](C)[C@H]3CNC(=O)C3)nc(-c3cn[nH]c3C(C)(C)C)cc2nn1C. The highest BCUT2D eigenvalue weighted by Gasteiger charge is 2.30. The van der Waals surface area contributed by atoms with Crippen molar-refractivity contribution in [2.75, 3.05) is 6.54 Å². The molecule has 30 heavy (non-hydrogen) atoms. The molecule has 0 spiro atoms. The van der Waals surface area contributed by atoms with Gasteiger partial charge in [-0.05, 0) is 19.9 Å². The topological polar surface area (TPSA) is 97.7 Å². The van der Waals surface area contributed by atoms with Gasteiger partial charge in [0.2, 0.25) is 11.8 Å². The molecule has 3 aromatic rings. The molecule has 3 aromatic heterocycles. The predicted octanol–water partition coefficient (Wildman–Crippen LogP) is 3.50. The average molecular weight is 413 g/mol. The molecule has 8 nitrogen and oxygen atoms in total. The number of hydrogen-bond acceptors (Lipinski definition) is 5. The maximum absolute atomic E-state index is 11.6. The van der Waals surface area contributed by atoms with E-state index in [1.54, 1.807) is 6.20 Å². The molecule has 0 aliphatic carbocycles. The number of nitrogens with one attached hydrogen (secondary N) is 2. The second kappa shape index (κ2) is 7.74. The van der Waals surface area contributed by atoms with Gasteiger partial charge in [0, 0.05) is 48.3 Å². The summed E-state index contributed by atoms with van der Waals surface area (Å²) in [7, 11) is 1.92. The molecule has 0 radical (unpaired) electrons. The Hall–Kier alpha value is -2.90. The van der Waals surface area contributed by atoms with Crippen molar-refractivity contribution in [3.8, 4) is 17.1 Å². The largest absolute Gasteiger partial charge is 0.474 e. The van der Waals surface area contributed by atoms with Crippen molar-refractivity contribution in [2.45, 2.75) is 60.0 Å². The van der Waals surface area contributed by atoms with Crippen molar-refractivity contribution in [2.24, 2.45) is 13.0 Å². The Kier molecular flexibility index (Phi) is 5.62. The lowest BCUT2D eigenvalue weighted by molar-refractivity contribution is -0.119. The lowest BCUT2D eigenvalue weighted by atomic mass is 9.88. The van der Waals surface area contributed by atoms with Crippen molar-refractivity contribution in [3.63, 3.8) is 0 Å². The van der Waals surface area contributed by atoms with E-state index in [9.17, 15) is 4.79 Å². The van der Waals surface area contributed by atoms with E-state index in [2.05, 4.69) is 41.4 Å². The first-order chi connectivity index (χ1) is 13.6. The number of fused-ring (bicyclic) bond motifs is 1. The number of carbonyl (C=O) groups is 1. The number of carbonyl (C=O) groups excluding carboxylic acids is 1. The number of amides is 1. The van der Waals surface area contributed by atoms with E-state index in [0.29, 0.717) is 18.8 Å². The van der Waals surface area contributed by atoms with Crippen molar-refractivity contribution in [1.29, 1.82) is 0 Å². The van der Waals surface area contributed by atoms with Gasteiger partial charge in [-0.2, -0.15) is 10.2 Å². The van der Waals surface area contributed by atoms with Crippen molar-refractivity contribution in [3.05, 3.63) is 23.7 Å². The number of aromatic amines is 1. The second-order valence-corrected chi connectivity index (χ2v) is 8.92. The van der Waals surface area contributed by atoms with E-state index in [4.69, 9.17) is 9.72 Å². The first-order valence-electron chi connectivity index (χ1n) is 9.97. The van der Waals surface area contributed by atoms with Gasteiger partial charge in [-0.1, -0.05) is 28.2 Å². The number of hydrogen-bond donors (Lipinski definition) is 2. The van der Waals surface area contributed by atoms with Crippen LogP contribution in [0.1, 0.15) is 52.9 Å². The molecule has 1 amide bonds. The minimum absolute atomic E-state index is 0. The van der Waals surface area contributed by atoms with Crippen molar-refractivity contribution < 1.29 is 9.53 Å². The Bertz CT molecular complexity index is 1080. The van der Waals surface area contributed by atoms with Gasteiger partial charge < -0.3 is 10.1 Å². The Balaban J connectivity index is 0.00000256. The van der Waals surface area contributed by atoms with Crippen molar-refractivity contribution >= 4 is 16.8 Å². The molecule has 8 heteroatoms. The van der Waals surface area contributed by atoms with Gasteiger partial charge in [-0.25, -0.2) is 4.98 Å². The molecule has 0 unspecified atom stereocenters. The zero-order valence-corrected chi connectivity index (χ0v) is 17.8. The van der Waals surface area contributed by atoms with Gasteiger partial charge in [0.25, 0.3) is 0 Å². The zero-order valence-electron chi connectivity index (χ0n) is 17.8. The third kappa shape index (κ3) is 3.78. The molecule has 4 heterocycles. The van der Waals surface area contributed by atoms with Crippen LogP contribution in [0.2, 0.25) is 0 Å². The third-order valence-corrected chi connectivity index (χ3v) is 5.71. The quantitative estimate of drug-likeness (QED) is 0.683. The number of aromatic nitrogens is 5. The fourth-order valence-corrected chi connectivity index (χ4v) is 3.83. The van der Waals surface area contributed by atoms with E-state index < -0.39 is 0 Å². The van der Waals surface area contributed by atoms with Gasteiger partial charge in [-0.15, -0.1) is 0 Å². The molecule has 1 aliphatic rings. The minimum atomic E-state index is -0.147. The summed E-state index contributed by atoms with van der Waals surface area (Å²) in [5.74, 6) is 0.748. The van der Waals surface area contributed by atoms with Gasteiger partial charge in [0.15, 0.2) is 0 Å². The number of nitrogens with zero attached hydrogens (tertiary/aromatic N) is 4. The van der Waals surface area contributed by atoms with Crippen LogP contribution in [-0.2, 0) is 17.3 Å². The normalized spacial score (nSPS) is 17.7. The van der Waals surface area contributed by atoms with Crippen molar-refractivity contribution in [1.82, 2.24) is 30.3 Å². The van der Waals surface area contributed by atoms with E-state index in [1.807, 2.05) is 31.6 Å². The van der Waals surface area contributed by atoms with Gasteiger partial charge in [0.1, 0.15) is 11.6 Å². The van der Waals surface area contributed by atoms with Crippen LogP contribution in [0.15, 0.2) is 12.3 Å². The van der Waals surface area contributed by atoms with Crippen LogP contribution >= 0.6 is 0 Å². The summed E-state index contributed by atoms with van der Waals surface area (Å²) in [5.41, 5.74) is 4.45. The van der Waals surface area contributed by atoms with Crippen LogP contribution in [-0.4, -0.2) is 43.5 Å². The molecule has 162 valence electrons. The first kappa shape index (κ1) is 21.8. The summed E-state index contributed by atoms with van der Waals surface area (Å²) in [6, 6.07) is 1.99. The summed E-state index contributed by atoms with van der Waals surface area (Å²) >= 11 is 0. The maximum Gasteiger partial charge on any atom is 0.225 e. The molecule has 1 fully saturated rings. The van der Waals surface area contributed by atoms with E-state index in [0.717, 1.165) is 33.5 Å². The smallest absolute Gasteiger partial charge is 0.225 e. The number of pyridine rings is 1. The highest BCUT2D eigenvalue weighted by atomic mass is 16.5. The average Bonchev–Trinajstić information content (AvgIpc) is 3.34. The number of H-pyrrole nitrogens is 1. The standard InChI is InChI=1S/C21H28N6O2.CH4/c1-11-18-16(26-27(11)6)8-15(14-10-23-25-19(14)21(3,4)5)24-20(18)29-12(2)13-7-17(28)22-9-13;/h8,10,12-13H,7,9H2,1-6H3,(H,22,28)(H,23,25);1H4/t12-,13-;/m1./s1.